The van der Waals surface area contributed by atoms with E-state index in [9.17, 15) is 4.79 Å². The van der Waals surface area contributed by atoms with E-state index in [0.29, 0.717) is 5.69 Å². The Bertz CT molecular complexity index is 954. The highest BCUT2D eigenvalue weighted by atomic mass is 32.2. The van der Waals surface area contributed by atoms with Gasteiger partial charge in [-0.05, 0) is 36.4 Å². The number of nitrogens with zero attached hydrogens (tertiary/aromatic N) is 2. The van der Waals surface area contributed by atoms with Gasteiger partial charge >= 0.3 is 0 Å². The van der Waals surface area contributed by atoms with Gasteiger partial charge in [-0.15, -0.1) is 0 Å². The molecule has 0 saturated carbocycles. The Morgan fingerprint density at radius 2 is 2.04 bits per heavy atom. The Morgan fingerprint density at radius 3 is 2.91 bits per heavy atom. The molecule has 112 valence electrons. The molecule has 6 heteroatoms. The predicted molar refractivity (Wildman–Crippen MR) is 92.2 cm³/mol. The van der Waals surface area contributed by atoms with Crippen LogP contribution in [0, 0.1) is 0 Å². The molecule has 0 aliphatic carbocycles. The van der Waals surface area contributed by atoms with E-state index in [1.165, 1.54) is 6.08 Å². The van der Waals surface area contributed by atoms with Gasteiger partial charge in [0.2, 0.25) is 5.91 Å². The zero-order chi connectivity index (χ0) is 15.8. The first-order valence-electron chi connectivity index (χ1n) is 7.02. The molecule has 1 aliphatic rings. The van der Waals surface area contributed by atoms with Crippen molar-refractivity contribution in [2.24, 2.45) is 0 Å². The normalized spacial score (nSPS) is 12.0. The van der Waals surface area contributed by atoms with Crippen molar-refractivity contribution in [3.8, 4) is 0 Å². The number of fused-ring (bicyclic) bond motifs is 3. The first-order valence-corrected chi connectivity index (χ1v) is 7.84. The number of hydrogen-bond donors (Lipinski definition) is 2. The number of carbonyl (C=O) groups is 1. The van der Waals surface area contributed by atoms with Crippen LogP contribution in [0.25, 0.3) is 11.0 Å². The Morgan fingerprint density at radius 1 is 1.17 bits per heavy atom. The molecular weight excluding hydrogens is 308 g/mol. The van der Waals surface area contributed by atoms with Crippen LogP contribution in [-0.4, -0.2) is 15.9 Å². The van der Waals surface area contributed by atoms with E-state index in [1.54, 1.807) is 17.8 Å². The molecule has 1 amide bonds. The monoisotopic (exact) mass is 320 g/mol. The van der Waals surface area contributed by atoms with Gasteiger partial charge in [-0.3, -0.25) is 4.79 Å². The first-order chi connectivity index (χ1) is 11.2. The molecule has 1 aliphatic heterocycles. The van der Waals surface area contributed by atoms with Crippen LogP contribution in [0.2, 0.25) is 0 Å². The van der Waals surface area contributed by atoms with E-state index >= 15 is 0 Å². The lowest BCUT2D eigenvalue weighted by molar-refractivity contribution is -0.111. The van der Waals surface area contributed by atoms with Crippen LogP contribution in [0.5, 0.6) is 0 Å². The minimum atomic E-state index is -0.250. The highest BCUT2D eigenvalue weighted by Gasteiger charge is 2.18. The zero-order valence-electron chi connectivity index (χ0n) is 12.0. The quantitative estimate of drug-likeness (QED) is 0.547. The molecule has 0 fully saturated rings. The van der Waals surface area contributed by atoms with Crippen LogP contribution in [0.1, 0.15) is 0 Å². The maximum atomic E-state index is 11.4. The third-order valence-corrected chi connectivity index (χ3v) is 4.49. The van der Waals surface area contributed by atoms with Crippen LogP contribution in [-0.2, 0) is 4.79 Å². The van der Waals surface area contributed by atoms with Crippen LogP contribution < -0.4 is 10.6 Å². The van der Waals surface area contributed by atoms with Crippen molar-refractivity contribution in [2.75, 3.05) is 10.6 Å². The van der Waals surface area contributed by atoms with Gasteiger partial charge in [-0.1, -0.05) is 30.5 Å². The van der Waals surface area contributed by atoms with Gasteiger partial charge in [-0.2, -0.15) is 0 Å². The van der Waals surface area contributed by atoms with Crippen molar-refractivity contribution in [1.29, 1.82) is 0 Å². The van der Waals surface area contributed by atoms with Crippen LogP contribution in [0.3, 0.4) is 0 Å². The van der Waals surface area contributed by atoms with Crippen molar-refractivity contribution < 1.29 is 4.79 Å². The number of para-hydroxylation sites is 1. The number of amides is 1. The molecule has 1 aromatic heterocycles. The zero-order valence-corrected chi connectivity index (χ0v) is 12.9. The van der Waals surface area contributed by atoms with Crippen molar-refractivity contribution in [2.45, 2.75) is 9.92 Å². The number of carbonyl (C=O) groups excluding carboxylic acids is 1. The van der Waals surface area contributed by atoms with Gasteiger partial charge in [0, 0.05) is 10.6 Å². The number of nitrogens with one attached hydrogen (secondary N) is 2. The Balaban J connectivity index is 1.76. The summed E-state index contributed by atoms with van der Waals surface area (Å²) in [7, 11) is 0. The third-order valence-electron chi connectivity index (χ3n) is 3.43. The van der Waals surface area contributed by atoms with Crippen LogP contribution in [0.4, 0.5) is 17.2 Å². The second kappa shape index (κ2) is 5.40. The number of benzene rings is 2. The van der Waals surface area contributed by atoms with Gasteiger partial charge < -0.3 is 10.6 Å². The molecule has 2 heterocycles. The molecule has 0 saturated heterocycles. The van der Waals surface area contributed by atoms with E-state index in [1.807, 2.05) is 36.4 Å². The molecule has 0 spiro atoms. The molecule has 4 rings (SSSR count). The summed E-state index contributed by atoms with van der Waals surface area (Å²) >= 11 is 1.58. The molecule has 2 aromatic carbocycles. The maximum Gasteiger partial charge on any atom is 0.247 e. The summed E-state index contributed by atoms with van der Waals surface area (Å²) < 4.78 is 0. The molecule has 23 heavy (non-hydrogen) atoms. The van der Waals surface area contributed by atoms with Gasteiger partial charge in [0.1, 0.15) is 5.03 Å². The third kappa shape index (κ3) is 2.53. The van der Waals surface area contributed by atoms with Gasteiger partial charge in [-0.25, -0.2) is 9.97 Å². The van der Waals surface area contributed by atoms with E-state index in [-0.39, 0.29) is 5.91 Å². The van der Waals surface area contributed by atoms with Gasteiger partial charge in [0.05, 0.1) is 16.7 Å². The van der Waals surface area contributed by atoms with Crippen molar-refractivity contribution >= 4 is 45.9 Å². The summed E-state index contributed by atoms with van der Waals surface area (Å²) in [6, 6.07) is 13.5. The van der Waals surface area contributed by atoms with Crippen molar-refractivity contribution in [1.82, 2.24) is 9.97 Å². The summed E-state index contributed by atoms with van der Waals surface area (Å²) in [4.78, 5) is 21.8. The molecule has 0 atom stereocenters. The summed E-state index contributed by atoms with van der Waals surface area (Å²) in [5.74, 6) is 0.504. The maximum absolute atomic E-state index is 11.4. The summed E-state index contributed by atoms with van der Waals surface area (Å²) in [6.45, 7) is 3.45. The van der Waals surface area contributed by atoms with Gasteiger partial charge in [0.15, 0.2) is 5.82 Å². The first kappa shape index (κ1) is 13.8. The van der Waals surface area contributed by atoms with Gasteiger partial charge in [0.25, 0.3) is 0 Å². The van der Waals surface area contributed by atoms with Crippen molar-refractivity contribution in [3.05, 3.63) is 55.1 Å². The number of anilines is 3. The van der Waals surface area contributed by atoms with E-state index in [0.717, 1.165) is 32.5 Å². The lowest BCUT2D eigenvalue weighted by Gasteiger charge is -2.19. The Kier molecular flexibility index (Phi) is 3.24. The smallest absolute Gasteiger partial charge is 0.247 e. The average Bonchev–Trinajstić information content (AvgIpc) is 2.58. The number of hydrogen-bond acceptors (Lipinski definition) is 5. The van der Waals surface area contributed by atoms with Crippen LogP contribution >= 0.6 is 11.8 Å². The fourth-order valence-electron chi connectivity index (χ4n) is 2.35. The Labute approximate surface area is 136 Å². The predicted octanol–water partition coefficient (Wildman–Crippen LogP) is 3.96. The van der Waals surface area contributed by atoms with E-state index in [4.69, 9.17) is 0 Å². The minimum Gasteiger partial charge on any atom is -0.337 e. The molecule has 0 unspecified atom stereocenters. The highest BCUT2D eigenvalue weighted by molar-refractivity contribution is 7.99. The largest absolute Gasteiger partial charge is 0.337 e. The summed E-state index contributed by atoms with van der Waals surface area (Å²) in [5.41, 5.74) is 3.21. The van der Waals surface area contributed by atoms with Crippen molar-refractivity contribution in [3.63, 3.8) is 0 Å². The molecule has 0 bridgehead atoms. The molecule has 2 N–H and O–H groups in total. The minimum absolute atomic E-state index is 0.250. The molecule has 5 nitrogen and oxygen atoms in total. The highest BCUT2D eigenvalue weighted by Crippen LogP contribution is 2.42. The van der Waals surface area contributed by atoms with E-state index < -0.39 is 0 Å². The van der Waals surface area contributed by atoms with Crippen LogP contribution in [0.15, 0.2) is 65.0 Å². The fourth-order valence-corrected chi connectivity index (χ4v) is 3.27. The molecule has 0 radical (unpaired) electrons. The van der Waals surface area contributed by atoms with E-state index in [2.05, 4.69) is 27.2 Å². The number of rotatable bonds is 2. The molecule has 3 aromatic rings. The lowest BCUT2D eigenvalue weighted by Crippen LogP contribution is -2.08. The SMILES string of the molecule is C=CC(=O)Nc1ccc2nc3c(nc2c1)Sc1ccccc1N3. The topological polar surface area (TPSA) is 66.9 Å². The standard InChI is InChI=1S/C17H12N4OS/c1-2-15(22)18-10-7-8-11-13(9-10)21-17-16(19-11)20-12-5-3-4-6-14(12)23-17/h2-9H,1H2,(H,18,22)(H,19,20). The fraction of sp³-hybridized carbons (Fsp3) is 0. The Hall–Kier alpha value is -2.86. The average molecular weight is 320 g/mol. The summed E-state index contributed by atoms with van der Waals surface area (Å²) in [5, 5.41) is 6.87. The second-order valence-electron chi connectivity index (χ2n) is 5.00. The molecular formula is C17H12N4OS. The summed E-state index contributed by atoms with van der Waals surface area (Å²) in [6.07, 6.45) is 1.24. The lowest BCUT2D eigenvalue weighted by atomic mass is 10.2. The second-order valence-corrected chi connectivity index (χ2v) is 6.03. The number of aromatic nitrogens is 2.